The number of benzene rings is 3. The summed E-state index contributed by atoms with van der Waals surface area (Å²) in [5.41, 5.74) is 2.17. The minimum absolute atomic E-state index is 0.0249. The summed E-state index contributed by atoms with van der Waals surface area (Å²) in [6.07, 6.45) is 0. The Balaban J connectivity index is 1.51. The van der Waals surface area contributed by atoms with Crippen molar-refractivity contribution >= 4 is 34.1 Å². The minimum Gasteiger partial charge on any atom is -0.296 e. The maximum Gasteiger partial charge on any atom is 0.260 e. The van der Waals surface area contributed by atoms with Crippen molar-refractivity contribution in [2.75, 3.05) is 5.32 Å². The molecule has 1 aromatic heterocycles. The van der Waals surface area contributed by atoms with E-state index < -0.39 is 11.7 Å². The maximum absolute atomic E-state index is 13.8. The lowest BCUT2D eigenvalue weighted by atomic mass is 10.2. The molecular formula is C22H16FN3OS2. The lowest BCUT2D eigenvalue weighted by Gasteiger charge is -2.06. The molecule has 0 saturated heterocycles. The Labute approximate surface area is 175 Å². The second-order valence-electron chi connectivity index (χ2n) is 6.12. The predicted octanol–water partition coefficient (Wildman–Crippen LogP) is 5.89. The molecule has 1 N–H and O–H groups in total. The van der Waals surface area contributed by atoms with Crippen LogP contribution in [0.1, 0.15) is 15.9 Å². The van der Waals surface area contributed by atoms with Gasteiger partial charge in [0, 0.05) is 16.2 Å². The summed E-state index contributed by atoms with van der Waals surface area (Å²) in [4.78, 5) is 13.4. The first-order valence-corrected chi connectivity index (χ1v) is 10.7. The van der Waals surface area contributed by atoms with Crippen LogP contribution in [0.3, 0.4) is 0 Å². The number of rotatable bonds is 6. The Kier molecular flexibility index (Phi) is 5.97. The first-order chi connectivity index (χ1) is 14.2. The van der Waals surface area contributed by atoms with E-state index in [1.807, 2.05) is 42.5 Å². The largest absolute Gasteiger partial charge is 0.296 e. The van der Waals surface area contributed by atoms with Crippen molar-refractivity contribution < 1.29 is 9.18 Å². The fourth-order valence-corrected chi connectivity index (χ4v) is 4.55. The molecule has 144 valence electrons. The van der Waals surface area contributed by atoms with E-state index in [9.17, 15) is 9.18 Å². The van der Waals surface area contributed by atoms with E-state index in [0.717, 1.165) is 16.2 Å². The van der Waals surface area contributed by atoms with Gasteiger partial charge in [-0.25, -0.2) is 4.39 Å². The summed E-state index contributed by atoms with van der Waals surface area (Å²) < 4.78 is 13.8. The van der Waals surface area contributed by atoms with Crippen LogP contribution in [0, 0.1) is 5.82 Å². The number of hydrogen-bond donors (Lipinski definition) is 1. The second kappa shape index (κ2) is 8.98. The van der Waals surface area contributed by atoms with Gasteiger partial charge in [0.1, 0.15) is 5.82 Å². The molecule has 0 saturated carbocycles. The summed E-state index contributed by atoms with van der Waals surface area (Å²) >= 11 is 2.98. The van der Waals surface area contributed by atoms with Crippen LogP contribution in [0.4, 0.5) is 9.52 Å². The molecule has 0 fully saturated rings. The third kappa shape index (κ3) is 4.70. The number of amides is 1. The van der Waals surface area contributed by atoms with Gasteiger partial charge < -0.3 is 0 Å². The third-order valence-electron chi connectivity index (χ3n) is 4.12. The van der Waals surface area contributed by atoms with Crippen molar-refractivity contribution in [3.63, 3.8) is 0 Å². The lowest BCUT2D eigenvalue weighted by Crippen LogP contribution is -2.13. The molecule has 1 amide bonds. The second-order valence-corrected chi connectivity index (χ2v) is 8.11. The summed E-state index contributed by atoms with van der Waals surface area (Å²) in [6.45, 7) is 0. The minimum atomic E-state index is -0.572. The zero-order chi connectivity index (χ0) is 20.1. The maximum atomic E-state index is 13.8. The van der Waals surface area contributed by atoms with Crippen LogP contribution < -0.4 is 5.32 Å². The van der Waals surface area contributed by atoms with E-state index >= 15 is 0 Å². The molecule has 0 aliphatic rings. The van der Waals surface area contributed by atoms with Crippen molar-refractivity contribution in [3.05, 3.63) is 95.8 Å². The molecule has 1 heterocycles. The fourth-order valence-electron chi connectivity index (χ4n) is 2.70. The van der Waals surface area contributed by atoms with Gasteiger partial charge in [0.2, 0.25) is 5.13 Å². The Hall–Kier alpha value is -3.03. The van der Waals surface area contributed by atoms with Gasteiger partial charge in [-0.15, -0.1) is 22.0 Å². The molecule has 0 radical (unpaired) electrons. The van der Waals surface area contributed by atoms with Gasteiger partial charge in [-0.05, 0) is 23.8 Å². The number of aromatic nitrogens is 2. The SMILES string of the molecule is O=C(Nc1nnc(-c2ccccc2SCc2ccccc2)s1)c1ccccc1F. The van der Waals surface area contributed by atoms with Gasteiger partial charge in [0.05, 0.1) is 5.56 Å². The Morgan fingerprint density at radius 2 is 1.66 bits per heavy atom. The summed E-state index contributed by atoms with van der Waals surface area (Å²) in [6, 6.07) is 24.0. The molecule has 0 bridgehead atoms. The molecule has 0 aliphatic carbocycles. The average Bonchev–Trinajstić information content (AvgIpc) is 3.21. The van der Waals surface area contributed by atoms with Crippen molar-refractivity contribution in [1.29, 1.82) is 0 Å². The number of thioether (sulfide) groups is 1. The van der Waals surface area contributed by atoms with Crippen molar-refractivity contribution in [2.45, 2.75) is 10.6 Å². The summed E-state index contributed by atoms with van der Waals surface area (Å²) in [5.74, 6) is -0.275. The smallest absolute Gasteiger partial charge is 0.260 e. The highest BCUT2D eigenvalue weighted by Gasteiger charge is 2.15. The highest BCUT2D eigenvalue weighted by molar-refractivity contribution is 7.98. The van der Waals surface area contributed by atoms with Crippen molar-refractivity contribution in [1.82, 2.24) is 10.2 Å². The number of halogens is 1. The van der Waals surface area contributed by atoms with Crippen LogP contribution in [0.5, 0.6) is 0 Å². The number of anilines is 1. The fraction of sp³-hybridized carbons (Fsp3) is 0.0455. The molecule has 7 heteroatoms. The molecule has 29 heavy (non-hydrogen) atoms. The number of nitrogens with one attached hydrogen (secondary N) is 1. The Morgan fingerprint density at radius 1 is 0.931 bits per heavy atom. The quantitative estimate of drug-likeness (QED) is 0.395. The van der Waals surface area contributed by atoms with Gasteiger partial charge in [-0.1, -0.05) is 72.0 Å². The Bertz CT molecular complexity index is 1130. The zero-order valence-electron chi connectivity index (χ0n) is 15.2. The monoisotopic (exact) mass is 421 g/mol. The highest BCUT2D eigenvalue weighted by atomic mass is 32.2. The molecule has 0 atom stereocenters. The summed E-state index contributed by atoms with van der Waals surface area (Å²) in [7, 11) is 0. The number of carbonyl (C=O) groups excluding carboxylic acids is 1. The molecule has 4 nitrogen and oxygen atoms in total. The third-order valence-corrected chi connectivity index (χ3v) is 6.14. The van der Waals surface area contributed by atoms with Crippen molar-refractivity contribution in [3.8, 4) is 10.6 Å². The number of hydrogen-bond acceptors (Lipinski definition) is 5. The topological polar surface area (TPSA) is 54.9 Å². The molecule has 4 aromatic rings. The van der Waals surface area contributed by atoms with Gasteiger partial charge in [-0.2, -0.15) is 0 Å². The van der Waals surface area contributed by atoms with Crippen molar-refractivity contribution in [2.24, 2.45) is 0 Å². The van der Waals surface area contributed by atoms with E-state index in [4.69, 9.17) is 0 Å². The summed E-state index contributed by atoms with van der Waals surface area (Å²) in [5, 5.41) is 11.9. The molecular weight excluding hydrogens is 405 g/mol. The first-order valence-electron chi connectivity index (χ1n) is 8.86. The van der Waals surface area contributed by atoms with Crippen LogP contribution >= 0.6 is 23.1 Å². The van der Waals surface area contributed by atoms with Gasteiger partial charge in [0.15, 0.2) is 5.01 Å². The molecule has 0 unspecified atom stereocenters. The van der Waals surface area contributed by atoms with Crippen LogP contribution in [0.2, 0.25) is 0 Å². The zero-order valence-corrected chi connectivity index (χ0v) is 16.8. The van der Waals surface area contributed by atoms with E-state index in [1.54, 1.807) is 23.9 Å². The Morgan fingerprint density at radius 3 is 2.48 bits per heavy atom. The van der Waals surface area contributed by atoms with E-state index in [2.05, 4.69) is 27.6 Å². The van der Waals surface area contributed by atoms with Crippen LogP contribution in [0.25, 0.3) is 10.6 Å². The van der Waals surface area contributed by atoms with Crippen LogP contribution in [0.15, 0.2) is 83.8 Å². The normalized spacial score (nSPS) is 10.7. The van der Waals surface area contributed by atoms with Crippen LogP contribution in [-0.4, -0.2) is 16.1 Å². The van der Waals surface area contributed by atoms with E-state index in [-0.39, 0.29) is 5.56 Å². The molecule has 0 spiro atoms. The molecule has 3 aromatic carbocycles. The number of carbonyl (C=O) groups is 1. The molecule has 0 aliphatic heterocycles. The number of nitrogens with zero attached hydrogens (tertiary/aromatic N) is 2. The van der Waals surface area contributed by atoms with E-state index in [0.29, 0.717) is 10.1 Å². The molecule has 4 rings (SSSR count). The lowest BCUT2D eigenvalue weighted by molar-refractivity contribution is 0.102. The first kappa shape index (κ1) is 19.3. The predicted molar refractivity (Wildman–Crippen MR) is 116 cm³/mol. The van der Waals surface area contributed by atoms with Gasteiger partial charge in [-0.3, -0.25) is 10.1 Å². The highest BCUT2D eigenvalue weighted by Crippen LogP contribution is 2.35. The van der Waals surface area contributed by atoms with E-state index in [1.165, 1.54) is 29.0 Å². The average molecular weight is 422 g/mol. The van der Waals surface area contributed by atoms with Gasteiger partial charge in [0.25, 0.3) is 5.91 Å². The standard InChI is InChI=1S/C22H16FN3OS2/c23-18-12-6-4-10-16(18)20(27)24-22-26-25-21(29-22)17-11-5-7-13-19(17)28-14-15-8-2-1-3-9-15/h1-13H,14H2,(H,24,26,27). The van der Waals surface area contributed by atoms with Gasteiger partial charge >= 0.3 is 0 Å². The van der Waals surface area contributed by atoms with Crippen LogP contribution in [-0.2, 0) is 5.75 Å².